The Labute approximate surface area is 93.9 Å². The van der Waals surface area contributed by atoms with Crippen LogP contribution in [0.4, 0.5) is 0 Å². The Morgan fingerprint density at radius 3 is 3.00 bits per heavy atom. The number of fused-ring (bicyclic) bond motifs is 2. The molecule has 16 heavy (non-hydrogen) atoms. The van der Waals surface area contributed by atoms with Crippen LogP contribution in [0.25, 0.3) is 0 Å². The topological polar surface area (TPSA) is 52.9 Å². The number of rotatable bonds is 0. The molecule has 2 heterocycles. The van der Waals surface area contributed by atoms with E-state index in [9.17, 15) is 4.79 Å². The summed E-state index contributed by atoms with van der Waals surface area (Å²) in [6, 6.07) is -0.0664. The van der Waals surface area contributed by atoms with E-state index < -0.39 is 0 Å². The molecule has 4 nitrogen and oxygen atoms in total. The molecular weight excluding hydrogens is 204 g/mol. The maximum atomic E-state index is 12.2. The minimum atomic E-state index is -0.0664. The largest absolute Gasteiger partial charge is 0.409 e. The average molecular weight is 218 g/mol. The summed E-state index contributed by atoms with van der Waals surface area (Å²) in [5, 5.41) is 12.2. The van der Waals surface area contributed by atoms with E-state index in [0.717, 1.165) is 13.0 Å². The van der Waals surface area contributed by atoms with Gasteiger partial charge in [-0.1, -0.05) is 29.5 Å². The van der Waals surface area contributed by atoms with Crippen molar-refractivity contribution < 1.29 is 10.0 Å². The predicted molar refractivity (Wildman–Crippen MR) is 59.2 cm³/mol. The van der Waals surface area contributed by atoms with Crippen molar-refractivity contribution in [2.75, 3.05) is 6.54 Å². The third kappa shape index (κ3) is 1.22. The molecule has 0 spiro atoms. The Morgan fingerprint density at radius 1 is 1.38 bits per heavy atom. The van der Waals surface area contributed by atoms with E-state index in [-0.39, 0.29) is 23.7 Å². The molecule has 1 N–H and O–H groups in total. The van der Waals surface area contributed by atoms with E-state index in [4.69, 9.17) is 5.21 Å². The van der Waals surface area contributed by atoms with Gasteiger partial charge in [-0.25, -0.2) is 0 Å². The summed E-state index contributed by atoms with van der Waals surface area (Å²) in [6.45, 7) is 0.793. The first-order chi connectivity index (χ1) is 7.81. The number of oxime groups is 1. The highest BCUT2D eigenvalue weighted by atomic mass is 16.4. The number of amidine groups is 1. The highest BCUT2D eigenvalue weighted by Gasteiger charge is 2.45. The molecule has 3 rings (SSSR count). The number of Topliss-reactive ketones (excluding diaryl/α,β-unsaturated/α-hetero) is 1. The number of carbonyl (C=O) groups excluding carboxylic acids is 1. The summed E-state index contributed by atoms with van der Waals surface area (Å²) < 4.78 is 0. The summed E-state index contributed by atoms with van der Waals surface area (Å²) in [4.78, 5) is 14.2. The van der Waals surface area contributed by atoms with Crippen LogP contribution in [0.3, 0.4) is 0 Å². The van der Waals surface area contributed by atoms with Gasteiger partial charge in [0, 0.05) is 24.8 Å². The van der Waals surface area contributed by atoms with Crippen LogP contribution < -0.4 is 0 Å². The van der Waals surface area contributed by atoms with Crippen molar-refractivity contribution in [1.29, 1.82) is 0 Å². The fourth-order valence-electron chi connectivity index (χ4n) is 2.96. The Balaban J connectivity index is 1.93. The number of hydrogen-bond donors (Lipinski definition) is 1. The fraction of sp³-hybridized carbons (Fsp3) is 0.500. The fourth-order valence-corrected chi connectivity index (χ4v) is 2.96. The maximum absolute atomic E-state index is 12.2. The highest BCUT2D eigenvalue weighted by molar-refractivity contribution is 5.97. The Morgan fingerprint density at radius 2 is 2.19 bits per heavy atom. The van der Waals surface area contributed by atoms with Crippen molar-refractivity contribution in [2.24, 2.45) is 17.0 Å². The minimum absolute atomic E-state index is 0.0318. The van der Waals surface area contributed by atoms with Crippen LogP contribution >= 0.6 is 0 Å². The molecular formula is C12H14N2O2. The van der Waals surface area contributed by atoms with Crippen LogP contribution in [0, 0.1) is 11.8 Å². The number of piperidine rings is 1. The van der Waals surface area contributed by atoms with Crippen molar-refractivity contribution in [1.82, 2.24) is 4.90 Å². The van der Waals surface area contributed by atoms with Gasteiger partial charge >= 0.3 is 0 Å². The van der Waals surface area contributed by atoms with Crippen molar-refractivity contribution in [3.05, 3.63) is 24.3 Å². The van der Waals surface area contributed by atoms with Crippen LogP contribution in [0.1, 0.15) is 12.8 Å². The number of hydrogen-bond acceptors (Lipinski definition) is 3. The van der Waals surface area contributed by atoms with Crippen LogP contribution in [-0.2, 0) is 4.79 Å². The molecule has 3 atom stereocenters. The maximum Gasteiger partial charge on any atom is 0.162 e. The van der Waals surface area contributed by atoms with Crippen LogP contribution in [0.2, 0.25) is 0 Å². The highest BCUT2D eigenvalue weighted by Crippen LogP contribution is 2.35. The number of carbonyl (C=O) groups is 1. The first kappa shape index (κ1) is 9.63. The molecule has 4 heteroatoms. The summed E-state index contributed by atoms with van der Waals surface area (Å²) in [5.74, 6) is 1.21. The van der Waals surface area contributed by atoms with E-state index in [1.165, 1.54) is 0 Å². The zero-order chi connectivity index (χ0) is 11.1. The monoisotopic (exact) mass is 218 g/mol. The van der Waals surface area contributed by atoms with Crippen LogP contribution in [0.5, 0.6) is 0 Å². The third-order valence-electron chi connectivity index (χ3n) is 3.78. The molecule has 0 aromatic heterocycles. The lowest BCUT2D eigenvalue weighted by Gasteiger charge is -2.39. The van der Waals surface area contributed by atoms with Gasteiger partial charge in [-0.15, -0.1) is 0 Å². The van der Waals surface area contributed by atoms with Crippen molar-refractivity contribution in [3.63, 3.8) is 0 Å². The van der Waals surface area contributed by atoms with Crippen LogP contribution in [-0.4, -0.2) is 34.3 Å². The van der Waals surface area contributed by atoms with E-state index in [1.54, 1.807) is 0 Å². The van der Waals surface area contributed by atoms with Gasteiger partial charge in [0.1, 0.15) is 5.84 Å². The number of ketones is 1. The summed E-state index contributed by atoms with van der Waals surface area (Å²) in [7, 11) is 0. The molecule has 3 aliphatic rings. The van der Waals surface area contributed by atoms with Gasteiger partial charge in [0.25, 0.3) is 0 Å². The smallest absolute Gasteiger partial charge is 0.162 e. The molecule has 84 valence electrons. The van der Waals surface area contributed by atoms with E-state index >= 15 is 0 Å². The molecule has 1 aliphatic carbocycles. The van der Waals surface area contributed by atoms with Gasteiger partial charge in [-0.05, 0) is 6.42 Å². The van der Waals surface area contributed by atoms with Crippen LogP contribution in [0.15, 0.2) is 29.5 Å². The van der Waals surface area contributed by atoms with Gasteiger partial charge in [0.15, 0.2) is 5.78 Å². The lowest BCUT2D eigenvalue weighted by molar-refractivity contribution is -0.129. The molecule has 2 aliphatic heterocycles. The van der Waals surface area contributed by atoms with Gasteiger partial charge in [0.05, 0.1) is 6.04 Å². The zero-order valence-corrected chi connectivity index (χ0v) is 8.91. The van der Waals surface area contributed by atoms with Crippen molar-refractivity contribution in [2.45, 2.75) is 18.9 Å². The molecule has 0 aromatic rings. The second-order valence-electron chi connectivity index (χ2n) is 4.58. The molecule has 0 amide bonds. The molecule has 0 bridgehead atoms. The van der Waals surface area contributed by atoms with Crippen molar-refractivity contribution in [3.8, 4) is 0 Å². The Bertz CT molecular complexity index is 411. The van der Waals surface area contributed by atoms with E-state index in [2.05, 4.69) is 11.2 Å². The lowest BCUT2D eigenvalue weighted by Crippen LogP contribution is -2.51. The number of nitrogens with zero attached hydrogens (tertiary/aromatic N) is 2. The molecule has 2 saturated heterocycles. The van der Waals surface area contributed by atoms with E-state index in [0.29, 0.717) is 12.3 Å². The normalized spacial score (nSPS) is 39.0. The first-order valence-corrected chi connectivity index (χ1v) is 5.67. The average Bonchev–Trinajstić information content (AvgIpc) is 2.72. The quantitative estimate of drug-likeness (QED) is 0.490. The third-order valence-corrected chi connectivity index (χ3v) is 3.78. The second kappa shape index (κ2) is 3.47. The zero-order valence-electron chi connectivity index (χ0n) is 8.91. The first-order valence-electron chi connectivity index (χ1n) is 5.67. The summed E-state index contributed by atoms with van der Waals surface area (Å²) in [6.07, 6.45) is 9.51. The van der Waals surface area contributed by atoms with Gasteiger partial charge in [0.2, 0.25) is 0 Å². The number of allylic oxidation sites excluding steroid dienone is 3. The van der Waals surface area contributed by atoms with Crippen molar-refractivity contribution >= 4 is 11.6 Å². The van der Waals surface area contributed by atoms with Gasteiger partial charge < -0.3 is 10.1 Å². The predicted octanol–water partition coefficient (Wildman–Crippen LogP) is 1.18. The molecule has 0 saturated carbocycles. The summed E-state index contributed by atoms with van der Waals surface area (Å²) >= 11 is 0. The Hall–Kier alpha value is -1.58. The van der Waals surface area contributed by atoms with E-state index in [1.807, 2.05) is 23.1 Å². The molecule has 0 aromatic carbocycles. The minimum Gasteiger partial charge on any atom is -0.409 e. The standard InChI is InChI=1S/C12H14N2O2/c15-12-9-4-2-1-3-8(9)7-14-10(12)5-6-11(14)13-16/h1-4,8-10,16H,5-7H2. The van der Waals surface area contributed by atoms with Gasteiger partial charge in [-0.2, -0.15) is 0 Å². The second-order valence-corrected chi connectivity index (χ2v) is 4.58. The van der Waals surface area contributed by atoms with Gasteiger partial charge in [-0.3, -0.25) is 4.79 Å². The lowest BCUT2D eigenvalue weighted by atomic mass is 9.79. The molecule has 3 unspecified atom stereocenters. The Kier molecular flexibility index (Phi) is 2.09. The SMILES string of the molecule is O=C1C2C=CC=CC2CN2C(=NO)CCC12. The molecule has 0 radical (unpaired) electrons. The summed E-state index contributed by atoms with van der Waals surface area (Å²) in [5.41, 5.74) is 0. The molecule has 2 fully saturated rings.